The van der Waals surface area contributed by atoms with E-state index in [1.165, 1.54) is 0 Å². The van der Waals surface area contributed by atoms with E-state index < -0.39 is 0 Å². The lowest BCUT2D eigenvalue weighted by molar-refractivity contribution is 0.0939. The lowest BCUT2D eigenvalue weighted by atomic mass is 10.1. The quantitative estimate of drug-likeness (QED) is 0.909. The fraction of sp³-hybridized carbons (Fsp3) is 0.400. The van der Waals surface area contributed by atoms with Gasteiger partial charge in [0, 0.05) is 37.2 Å². The average molecular weight is 272 g/mol. The number of rotatable bonds is 5. The first-order valence-electron chi connectivity index (χ1n) is 6.86. The monoisotopic (exact) mass is 272 g/mol. The molecule has 0 aliphatic heterocycles. The van der Waals surface area contributed by atoms with Crippen molar-refractivity contribution >= 4 is 5.91 Å². The van der Waals surface area contributed by atoms with E-state index in [0.29, 0.717) is 11.3 Å². The molecule has 20 heavy (non-hydrogen) atoms. The number of carbonyl (C=O) groups excluding carboxylic acids is 1. The van der Waals surface area contributed by atoms with Gasteiger partial charge in [-0.2, -0.15) is 5.10 Å². The third-order valence-electron chi connectivity index (χ3n) is 3.11. The minimum atomic E-state index is -0.0853. The Morgan fingerprint density at radius 1 is 1.50 bits per heavy atom. The molecular weight excluding hydrogens is 252 g/mol. The zero-order valence-corrected chi connectivity index (χ0v) is 12.1. The predicted molar refractivity (Wildman–Crippen MR) is 78.3 cm³/mol. The highest BCUT2D eigenvalue weighted by Crippen LogP contribution is 2.20. The number of pyridine rings is 1. The van der Waals surface area contributed by atoms with E-state index in [2.05, 4.69) is 22.3 Å². The standard InChI is InChI=1S/C15H20N4O/c1-4-6-11(2)17-15(20)13-10-19(3)18-14(13)12-7-5-8-16-9-12/h5,7-11H,4,6H2,1-3H3,(H,17,20)/t11-/m0/s1. The second-order valence-corrected chi connectivity index (χ2v) is 4.97. The maximum absolute atomic E-state index is 12.4. The second kappa shape index (κ2) is 6.32. The summed E-state index contributed by atoms with van der Waals surface area (Å²) < 4.78 is 1.65. The summed E-state index contributed by atoms with van der Waals surface area (Å²) >= 11 is 0. The Morgan fingerprint density at radius 3 is 2.95 bits per heavy atom. The van der Waals surface area contributed by atoms with E-state index in [0.717, 1.165) is 18.4 Å². The normalized spacial score (nSPS) is 12.2. The Morgan fingerprint density at radius 2 is 2.30 bits per heavy atom. The Hall–Kier alpha value is -2.17. The third kappa shape index (κ3) is 3.23. The summed E-state index contributed by atoms with van der Waals surface area (Å²) in [6, 6.07) is 3.90. The highest BCUT2D eigenvalue weighted by molar-refractivity contribution is 5.99. The van der Waals surface area contributed by atoms with Gasteiger partial charge in [0.1, 0.15) is 5.69 Å². The van der Waals surface area contributed by atoms with Gasteiger partial charge in [0.15, 0.2) is 0 Å². The Labute approximate surface area is 119 Å². The molecule has 0 aromatic carbocycles. The highest BCUT2D eigenvalue weighted by atomic mass is 16.1. The van der Waals surface area contributed by atoms with Gasteiger partial charge in [-0.1, -0.05) is 13.3 Å². The molecule has 0 radical (unpaired) electrons. The van der Waals surface area contributed by atoms with E-state index in [4.69, 9.17) is 0 Å². The highest BCUT2D eigenvalue weighted by Gasteiger charge is 2.18. The Kier molecular flexibility index (Phi) is 4.50. The van der Waals surface area contributed by atoms with Crippen molar-refractivity contribution in [3.8, 4) is 11.3 Å². The lowest BCUT2D eigenvalue weighted by Crippen LogP contribution is -2.32. The molecule has 0 bridgehead atoms. The summed E-state index contributed by atoms with van der Waals surface area (Å²) in [6.45, 7) is 4.12. The van der Waals surface area contributed by atoms with Crippen LogP contribution in [0.4, 0.5) is 0 Å². The van der Waals surface area contributed by atoms with Gasteiger partial charge in [-0.15, -0.1) is 0 Å². The summed E-state index contributed by atoms with van der Waals surface area (Å²) in [4.78, 5) is 16.4. The number of nitrogens with zero attached hydrogens (tertiary/aromatic N) is 3. The van der Waals surface area contributed by atoms with Crippen LogP contribution in [0.1, 0.15) is 37.0 Å². The number of carbonyl (C=O) groups is 1. The smallest absolute Gasteiger partial charge is 0.255 e. The second-order valence-electron chi connectivity index (χ2n) is 4.97. The first-order valence-corrected chi connectivity index (χ1v) is 6.86. The number of hydrogen-bond donors (Lipinski definition) is 1. The van der Waals surface area contributed by atoms with Crippen molar-refractivity contribution in [2.24, 2.45) is 7.05 Å². The van der Waals surface area contributed by atoms with Gasteiger partial charge >= 0.3 is 0 Å². The van der Waals surface area contributed by atoms with Crippen molar-refractivity contribution in [1.82, 2.24) is 20.1 Å². The van der Waals surface area contributed by atoms with E-state index in [1.807, 2.05) is 26.1 Å². The molecule has 5 heteroatoms. The van der Waals surface area contributed by atoms with Crippen molar-refractivity contribution in [1.29, 1.82) is 0 Å². The van der Waals surface area contributed by atoms with Crippen molar-refractivity contribution in [3.05, 3.63) is 36.3 Å². The summed E-state index contributed by atoms with van der Waals surface area (Å²) in [6.07, 6.45) is 7.18. The van der Waals surface area contributed by atoms with Crippen LogP contribution in [0.3, 0.4) is 0 Å². The molecule has 1 amide bonds. The van der Waals surface area contributed by atoms with Gasteiger partial charge in [-0.25, -0.2) is 0 Å². The first-order chi connectivity index (χ1) is 9.61. The number of nitrogens with one attached hydrogen (secondary N) is 1. The van der Waals surface area contributed by atoms with Crippen molar-refractivity contribution in [2.75, 3.05) is 0 Å². The van der Waals surface area contributed by atoms with E-state index >= 15 is 0 Å². The predicted octanol–water partition coefficient (Wildman–Crippen LogP) is 2.40. The molecule has 106 valence electrons. The topological polar surface area (TPSA) is 59.8 Å². The molecule has 0 saturated heterocycles. The molecule has 0 aliphatic rings. The summed E-state index contributed by atoms with van der Waals surface area (Å²) in [5.74, 6) is -0.0853. The van der Waals surface area contributed by atoms with Crippen molar-refractivity contribution in [2.45, 2.75) is 32.7 Å². The average Bonchev–Trinajstić information content (AvgIpc) is 2.82. The van der Waals surface area contributed by atoms with Crippen LogP contribution in [0.15, 0.2) is 30.7 Å². The number of hydrogen-bond acceptors (Lipinski definition) is 3. The molecule has 1 N–H and O–H groups in total. The molecular formula is C15H20N4O. The van der Waals surface area contributed by atoms with Gasteiger partial charge in [-0.05, 0) is 25.5 Å². The molecule has 0 fully saturated rings. The molecule has 2 heterocycles. The number of amides is 1. The minimum absolute atomic E-state index is 0.0853. The van der Waals surface area contributed by atoms with E-state index in [-0.39, 0.29) is 11.9 Å². The summed E-state index contributed by atoms with van der Waals surface area (Å²) in [5.41, 5.74) is 2.10. The molecule has 2 aromatic heterocycles. The molecule has 1 atom stereocenters. The Balaban J connectivity index is 2.26. The molecule has 2 rings (SSSR count). The van der Waals surface area contributed by atoms with Crippen LogP contribution in [0.5, 0.6) is 0 Å². The van der Waals surface area contributed by atoms with Crippen molar-refractivity contribution in [3.63, 3.8) is 0 Å². The molecule has 0 spiro atoms. The largest absolute Gasteiger partial charge is 0.349 e. The van der Waals surface area contributed by atoms with Crippen molar-refractivity contribution < 1.29 is 4.79 Å². The SMILES string of the molecule is CCC[C@H](C)NC(=O)c1cn(C)nc1-c1cccnc1. The fourth-order valence-corrected chi connectivity index (χ4v) is 2.18. The summed E-state index contributed by atoms with van der Waals surface area (Å²) in [7, 11) is 1.81. The third-order valence-corrected chi connectivity index (χ3v) is 3.11. The van der Waals surface area contributed by atoms with Crippen LogP contribution in [-0.4, -0.2) is 26.7 Å². The lowest BCUT2D eigenvalue weighted by Gasteiger charge is -2.12. The van der Waals surface area contributed by atoms with Crippen LogP contribution < -0.4 is 5.32 Å². The van der Waals surface area contributed by atoms with Crippen LogP contribution in [0, 0.1) is 0 Å². The van der Waals surface area contributed by atoms with Crippen LogP contribution >= 0.6 is 0 Å². The zero-order valence-electron chi connectivity index (χ0n) is 12.1. The number of aryl methyl sites for hydroxylation is 1. The van der Waals surface area contributed by atoms with Crippen LogP contribution in [0.2, 0.25) is 0 Å². The molecule has 5 nitrogen and oxygen atoms in total. The zero-order chi connectivity index (χ0) is 14.5. The first kappa shape index (κ1) is 14.2. The fourth-order valence-electron chi connectivity index (χ4n) is 2.18. The van der Waals surface area contributed by atoms with Gasteiger partial charge in [0.05, 0.1) is 5.56 Å². The van der Waals surface area contributed by atoms with E-state index in [9.17, 15) is 4.79 Å². The minimum Gasteiger partial charge on any atom is -0.349 e. The van der Waals surface area contributed by atoms with E-state index in [1.54, 1.807) is 23.3 Å². The van der Waals surface area contributed by atoms with Crippen LogP contribution in [0.25, 0.3) is 11.3 Å². The van der Waals surface area contributed by atoms with Gasteiger partial charge in [0.2, 0.25) is 0 Å². The van der Waals surface area contributed by atoms with Gasteiger partial charge in [-0.3, -0.25) is 14.5 Å². The number of aromatic nitrogens is 3. The molecule has 0 aliphatic carbocycles. The Bertz CT molecular complexity index is 577. The van der Waals surface area contributed by atoms with Gasteiger partial charge < -0.3 is 5.32 Å². The maximum atomic E-state index is 12.4. The summed E-state index contributed by atoms with van der Waals surface area (Å²) in [5, 5.41) is 7.38. The molecule has 2 aromatic rings. The maximum Gasteiger partial charge on any atom is 0.255 e. The molecule has 0 unspecified atom stereocenters. The van der Waals surface area contributed by atoms with Gasteiger partial charge in [0.25, 0.3) is 5.91 Å². The van der Waals surface area contributed by atoms with Crippen LogP contribution in [-0.2, 0) is 7.05 Å². The molecule has 0 saturated carbocycles.